The highest BCUT2D eigenvalue weighted by Gasteiger charge is 2.29. The second kappa shape index (κ2) is 11.0. The molecule has 202 valence electrons. The van der Waals surface area contributed by atoms with E-state index in [2.05, 4.69) is 25.4 Å². The number of sulfonamides is 2. The number of aryl methyl sites for hydroxylation is 1. The smallest absolute Gasteiger partial charge is 0.262 e. The van der Waals surface area contributed by atoms with Crippen molar-refractivity contribution in [2.45, 2.75) is 29.6 Å². The largest absolute Gasteiger partial charge is 0.339 e. The van der Waals surface area contributed by atoms with Crippen LogP contribution in [0.15, 0.2) is 62.8 Å². The summed E-state index contributed by atoms with van der Waals surface area (Å²) in [5, 5.41) is 0.219. The Hall–Kier alpha value is -2.38. The van der Waals surface area contributed by atoms with Gasteiger partial charge in [0.2, 0.25) is 0 Å². The number of nitrogens with one attached hydrogen (secondary N) is 2. The van der Waals surface area contributed by atoms with Crippen molar-refractivity contribution in [3.8, 4) is 0 Å². The van der Waals surface area contributed by atoms with Crippen LogP contribution >= 0.6 is 39.1 Å². The van der Waals surface area contributed by atoms with Crippen LogP contribution in [0.4, 0.5) is 15.8 Å². The molecule has 3 aromatic rings. The molecule has 0 spiro atoms. The molecule has 1 saturated heterocycles. The number of halogens is 4. The molecule has 0 atom stereocenters. The van der Waals surface area contributed by atoms with Crippen molar-refractivity contribution in [1.29, 1.82) is 0 Å². The number of amides is 1. The number of carbonyl (C=O) groups excluding carboxylic acids is 1. The summed E-state index contributed by atoms with van der Waals surface area (Å²) in [4.78, 5) is 14.3. The number of carbonyl (C=O) groups is 1. The van der Waals surface area contributed by atoms with E-state index in [-0.39, 0.29) is 41.2 Å². The lowest BCUT2D eigenvalue weighted by molar-refractivity contribution is 0.0789. The molecule has 2 N–H and O–H groups in total. The molecule has 38 heavy (non-hydrogen) atoms. The van der Waals surface area contributed by atoms with Crippen LogP contribution in [-0.2, 0) is 20.0 Å². The highest BCUT2D eigenvalue weighted by Crippen LogP contribution is 2.30. The topological polar surface area (TPSA) is 113 Å². The minimum Gasteiger partial charge on any atom is -0.339 e. The molecule has 0 unspecified atom stereocenters. The van der Waals surface area contributed by atoms with Gasteiger partial charge in [0, 0.05) is 28.8 Å². The van der Waals surface area contributed by atoms with Crippen molar-refractivity contribution < 1.29 is 26.0 Å². The van der Waals surface area contributed by atoms with Gasteiger partial charge in [-0.2, -0.15) is 0 Å². The molecule has 0 bridgehead atoms. The average molecular weight is 665 g/mol. The van der Waals surface area contributed by atoms with Crippen LogP contribution in [0.3, 0.4) is 0 Å². The van der Waals surface area contributed by atoms with Crippen molar-refractivity contribution in [3.63, 3.8) is 0 Å². The van der Waals surface area contributed by atoms with Gasteiger partial charge in [-0.15, -0.1) is 0 Å². The molecule has 1 heterocycles. The summed E-state index contributed by atoms with van der Waals surface area (Å²) in [7, 11) is -8.53. The lowest BCUT2D eigenvalue weighted by Crippen LogP contribution is -2.30. The monoisotopic (exact) mass is 663 g/mol. The molecule has 1 aliphatic heterocycles. The van der Waals surface area contributed by atoms with Gasteiger partial charge >= 0.3 is 0 Å². The zero-order valence-corrected chi connectivity index (χ0v) is 24.5. The van der Waals surface area contributed by atoms with E-state index in [1.54, 1.807) is 0 Å². The number of hydrogen-bond donors (Lipinski definition) is 2. The number of rotatable bonds is 7. The maximum atomic E-state index is 13.9. The zero-order chi connectivity index (χ0) is 27.8. The number of likely N-dealkylation sites (tertiary alicyclic amines) is 1. The van der Waals surface area contributed by atoms with Gasteiger partial charge in [-0.25, -0.2) is 21.2 Å². The van der Waals surface area contributed by atoms with Crippen LogP contribution < -0.4 is 9.44 Å². The minimum atomic E-state index is -4.35. The molecule has 14 heteroatoms. The summed E-state index contributed by atoms with van der Waals surface area (Å²) >= 11 is 14.9. The second-order valence-corrected chi connectivity index (χ2v) is 13.7. The van der Waals surface area contributed by atoms with Crippen LogP contribution in [0, 0.1) is 12.7 Å². The van der Waals surface area contributed by atoms with Gasteiger partial charge in [0.05, 0.1) is 20.6 Å². The summed E-state index contributed by atoms with van der Waals surface area (Å²) in [6.07, 6.45) is 1.52. The Labute approximate surface area is 238 Å². The Kier molecular flexibility index (Phi) is 8.29. The van der Waals surface area contributed by atoms with Gasteiger partial charge in [0.25, 0.3) is 26.0 Å². The van der Waals surface area contributed by atoms with Gasteiger partial charge < -0.3 is 4.90 Å². The first-order chi connectivity index (χ1) is 17.8. The fourth-order valence-electron chi connectivity index (χ4n) is 3.94. The highest BCUT2D eigenvalue weighted by molar-refractivity contribution is 9.10. The van der Waals surface area contributed by atoms with Gasteiger partial charge in [-0.1, -0.05) is 23.2 Å². The SMILES string of the molecule is Cc1cc(F)c(Br)cc1NS(=O)(=O)c1ccc(NS(=O)(=O)c2cc(Cl)cc(Cl)c2)cc1C(=O)N1CCCC1. The Morgan fingerprint density at radius 2 is 1.55 bits per heavy atom. The number of hydrogen-bond acceptors (Lipinski definition) is 5. The van der Waals surface area contributed by atoms with E-state index in [0.29, 0.717) is 18.7 Å². The van der Waals surface area contributed by atoms with Crippen molar-refractivity contribution in [3.05, 3.63) is 80.0 Å². The molecule has 0 saturated carbocycles. The van der Waals surface area contributed by atoms with E-state index in [9.17, 15) is 26.0 Å². The van der Waals surface area contributed by atoms with E-state index < -0.39 is 31.8 Å². The van der Waals surface area contributed by atoms with E-state index >= 15 is 0 Å². The van der Waals surface area contributed by atoms with Crippen molar-refractivity contribution >= 4 is 76.5 Å². The zero-order valence-electron chi connectivity index (χ0n) is 19.8. The summed E-state index contributed by atoms with van der Waals surface area (Å²) in [6.45, 7) is 2.41. The second-order valence-electron chi connectivity index (χ2n) is 8.61. The van der Waals surface area contributed by atoms with Gasteiger partial charge in [0.15, 0.2) is 0 Å². The standard InChI is InChI=1S/C24H21BrCl2FN3O5S2/c1-14-8-21(28)20(25)13-22(14)30-38(35,36)23-5-4-17(12-19(23)24(32)31-6-2-3-7-31)29-37(33,34)18-10-15(26)9-16(27)11-18/h4-5,8-13,29-30H,2-3,6-7H2,1H3. The predicted molar refractivity (Wildman–Crippen MR) is 148 cm³/mol. The van der Waals surface area contributed by atoms with Crippen molar-refractivity contribution in [1.82, 2.24) is 4.90 Å². The summed E-state index contributed by atoms with van der Waals surface area (Å²) in [6, 6.07) is 9.78. The molecule has 1 aliphatic rings. The number of anilines is 2. The third-order valence-corrected chi connectivity index (χ3v) is 9.63. The predicted octanol–water partition coefficient (Wildman–Crippen LogP) is 6.04. The van der Waals surface area contributed by atoms with Crippen LogP contribution in [0.1, 0.15) is 28.8 Å². The van der Waals surface area contributed by atoms with E-state index in [0.717, 1.165) is 25.0 Å². The molecule has 0 radical (unpaired) electrons. The fraction of sp³-hybridized carbons (Fsp3) is 0.208. The lowest BCUT2D eigenvalue weighted by atomic mass is 10.2. The third-order valence-electron chi connectivity index (χ3n) is 5.80. The van der Waals surface area contributed by atoms with Crippen molar-refractivity contribution in [2.75, 3.05) is 22.5 Å². The first-order valence-electron chi connectivity index (χ1n) is 11.2. The Morgan fingerprint density at radius 1 is 0.921 bits per heavy atom. The normalized spacial score (nSPS) is 14.0. The number of benzene rings is 3. The molecule has 4 rings (SSSR count). The highest BCUT2D eigenvalue weighted by atomic mass is 79.9. The number of nitrogens with zero attached hydrogens (tertiary/aromatic N) is 1. The molecular formula is C24H21BrCl2FN3O5S2. The Balaban J connectivity index is 1.76. The quantitative estimate of drug-likeness (QED) is 0.320. The molecule has 3 aromatic carbocycles. The maximum Gasteiger partial charge on any atom is 0.262 e. The molecule has 8 nitrogen and oxygen atoms in total. The maximum absolute atomic E-state index is 13.9. The van der Waals surface area contributed by atoms with Crippen LogP contribution in [-0.4, -0.2) is 40.7 Å². The molecule has 0 aliphatic carbocycles. The van der Waals surface area contributed by atoms with Gasteiger partial charge in [0.1, 0.15) is 10.7 Å². The third kappa shape index (κ3) is 6.26. The summed E-state index contributed by atoms with van der Waals surface area (Å²) in [5.74, 6) is -1.13. The lowest BCUT2D eigenvalue weighted by Gasteiger charge is -2.20. The first-order valence-corrected chi connectivity index (χ1v) is 15.7. The Morgan fingerprint density at radius 3 is 2.18 bits per heavy atom. The molecule has 0 aromatic heterocycles. The van der Waals surface area contributed by atoms with Crippen LogP contribution in [0.5, 0.6) is 0 Å². The van der Waals surface area contributed by atoms with Gasteiger partial charge in [-0.3, -0.25) is 14.2 Å². The molecule has 1 amide bonds. The van der Waals surface area contributed by atoms with E-state index in [4.69, 9.17) is 23.2 Å². The van der Waals surface area contributed by atoms with E-state index in [1.807, 2.05) is 0 Å². The fourth-order valence-corrected chi connectivity index (χ4v) is 7.36. The molecular weight excluding hydrogens is 644 g/mol. The van der Waals surface area contributed by atoms with Crippen molar-refractivity contribution in [2.24, 2.45) is 0 Å². The van der Waals surface area contributed by atoms with E-state index in [1.165, 1.54) is 48.2 Å². The summed E-state index contributed by atoms with van der Waals surface area (Å²) < 4.78 is 71.5. The average Bonchev–Trinajstić information content (AvgIpc) is 3.36. The van der Waals surface area contributed by atoms with Gasteiger partial charge in [-0.05, 0) is 89.8 Å². The molecule has 1 fully saturated rings. The summed E-state index contributed by atoms with van der Waals surface area (Å²) in [5.41, 5.74) is 0.178. The van der Waals surface area contributed by atoms with Crippen LogP contribution in [0.25, 0.3) is 0 Å². The Bertz CT molecular complexity index is 1630. The minimum absolute atomic E-state index is 0.0386. The first kappa shape index (κ1) is 28.6. The van der Waals surface area contributed by atoms with Crippen LogP contribution in [0.2, 0.25) is 10.0 Å².